The number of hydrogen-bond acceptors (Lipinski definition) is 5. The first-order valence-electron chi connectivity index (χ1n) is 7.25. The van der Waals surface area contributed by atoms with Crippen molar-refractivity contribution in [3.05, 3.63) is 11.9 Å². The summed E-state index contributed by atoms with van der Waals surface area (Å²) in [5, 5.41) is 6.99. The lowest BCUT2D eigenvalue weighted by Gasteiger charge is -2.32. The number of halogens is 2. The highest BCUT2D eigenvalue weighted by atomic mass is 19.3. The van der Waals surface area contributed by atoms with Gasteiger partial charge in [-0.15, -0.1) is 0 Å². The second-order valence-electron chi connectivity index (χ2n) is 6.45. The number of nitrogens with zero attached hydrogens (tertiary/aromatic N) is 2. The summed E-state index contributed by atoms with van der Waals surface area (Å²) in [4.78, 5) is 12.3. The highest BCUT2D eigenvalue weighted by molar-refractivity contribution is 5.74. The monoisotopic (exact) mass is 316 g/mol. The molecule has 6 nitrogen and oxygen atoms in total. The van der Waals surface area contributed by atoms with Crippen LogP contribution < -0.4 is 11.1 Å². The fraction of sp³-hybridized carbons (Fsp3) is 0.714. The number of hydrogen-bond donors (Lipinski definition) is 2. The number of nitrogen functional groups attached to an aromatic ring is 1. The van der Waals surface area contributed by atoms with Crippen LogP contribution in [0.5, 0.6) is 0 Å². The van der Waals surface area contributed by atoms with Crippen molar-refractivity contribution in [1.29, 1.82) is 0 Å². The van der Waals surface area contributed by atoms with E-state index in [4.69, 9.17) is 10.5 Å². The molecule has 0 saturated carbocycles. The van der Waals surface area contributed by atoms with Crippen LogP contribution in [0.4, 0.5) is 14.5 Å². The van der Waals surface area contributed by atoms with Crippen LogP contribution in [0.2, 0.25) is 0 Å². The maximum atomic E-state index is 12.8. The van der Waals surface area contributed by atoms with E-state index in [0.29, 0.717) is 19.5 Å². The molecule has 2 heterocycles. The fourth-order valence-corrected chi connectivity index (χ4v) is 2.54. The zero-order chi connectivity index (χ0) is 16.5. The van der Waals surface area contributed by atoms with E-state index >= 15 is 0 Å². The number of carbonyl (C=O) groups is 1. The van der Waals surface area contributed by atoms with Crippen LogP contribution in [0.3, 0.4) is 0 Å². The smallest absolute Gasteiger partial charge is 0.312 e. The minimum absolute atomic E-state index is 0.0588. The van der Waals surface area contributed by atoms with Gasteiger partial charge in [-0.05, 0) is 33.7 Å². The number of nitrogens with one attached hydrogen (secondary N) is 1. The molecular weight excluding hydrogens is 294 g/mol. The Kier molecular flexibility index (Phi) is 4.69. The van der Waals surface area contributed by atoms with Crippen LogP contribution >= 0.6 is 0 Å². The maximum Gasteiger partial charge on any atom is 0.312 e. The van der Waals surface area contributed by atoms with E-state index in [-0.39, 0.29) is 17.7 Å². The molecular formula is C14H22F2N4O2. The second kappa shape index (κ2) is 6.20. The molecule has 1 fully saturated rings. The van der Waals surface area contributed by atoms with Gasteiger partial charge in [0.15, 0.2) is 5.69 Å². The lowest BCUT2D eigenvalue weighted by molar-refractivity contribution is -0.162. The van der Waals surface area contributed by atoms with Gasteiger partial charge >= 0.3 is 5.97 Å². The molecule has 2 atom stereocenters. The number of ether oxygens (including phenoxy) is 1. The quantitative estimate of drug-likeness (QED) is 0.832. The number of aromatic nitrogens is 2. The van der Waals surface area contributed by atoms with Crippen molar-refractivity contribution in [2.75, 3.05) is 18.8 Å². The van der Waals surface area contributed by atoms with Gasteiger partial charge < -0.3 is 15.8 Å². The maximum absolute atomic E-state index is 12.8. The molecule has 1 saturated heterocycles. The number of esters is 1. The summed E-state index contributed by atoms with van der Waals surface area (Å²) in [6.07, 6.45) is -0.773. The molecule has 8 heteroatoms. The SMILES string of the molecule is CC(C)(C)OC(=O)C1CNCCC1n1cc(N)c(C(F)F)n1. The third-order valence-corrected chi connectivity index (χ3v) is 3.49. The predicted octanol–water partition coefficient (Wildman–Crippen LogP) is 1.90. The lowest BCUT2D eigenvalue weighted by Crippen LogP contribution is -2.44. The van der Waals surface area contributed by atoms with E-state index in [1.807, 2.05) is 0 Å². The zero-order valence-corrected chi connectivity index (χ0v) is 13.0. The van der Waals surface area contributed by atoms with Crippen molar-refractivity contribution in [2.24, 2.45) is 5.92 Å². The molecule has 2 rings (SSSR count). The van der Waals surface area contributed by atoms with Gasteiger partial charge in [0.25, 0.3) is 6.43 Å². The number of anilines is 1. The Morgan fingerprint density at radius 3 is 2.77 bits per heavy atom. The van der Waals surface area contributed by atoms with Crippen molar-refractivity contribution < 1.29 is 18.3 Å². The molecule has 0 radical (unpaired) electrons. The molecule has 1 aliphatic rings. The molecule has 0 bridgehead atoms. The Bertz CT molecular complexity index is 539. The number of alkyl halides is 2. The molecule has 0 aromatic carbocycles. The number of nitrogens with two attached hydrogens (primary N) is 1. The average Bonchev–Trinajstić information content (AvgIpc) is 2.79. The first-order chi connectivity index (χ1) is 10.2. The van der Waals surface area contributed by atoms with Crippen LogP contribution in [0.15, 0.2) is 6.20 Å². The van der Waals surface area contributed by atoms with Crippen LogP contribution in [0, 0.1) is 5.92 Å². The Labute approximate surface area is 128 Å². The van der Waals surface area contributed by atoms with Gasteiger partial charge in [0.1, 0.15) is 5.60 Å². The van der Waals surface area contributed by atoms with Gasteiger partial charge in [-0.2, -0.15) is 5.10 Å². The summed E-state index contributed by atoms with van der Waals surface area (Å²) in [6.45, 7) is 6.46. The zero-order valence-electron chi connectivity index (χ0n) is 13.0. The standard InChI is InChI=1S/C14H22F2N4O2/c1-14(2,3)22-13(21)8-6-18-5-4-10(8)20-7-9(17)11(19-20)12(15)16/h7-8,10,12,18H,4-6,17H2,1-3H3. The minimum atomic E-state index is -2.73. The second-order valence-corrected chi connectivity index (χ2v) is 6.45. The van der Waals surface area contributed by atoms with Crippen LogP contribution in [-0.4, -0.2) is 34.4 Å². The van der Waals surface area contributed by atoms with Gasteiger partial charge in [-0.3, -0.25) is 9.48 Å². The molecule has 1 aromatic rings. The minimum Gasteiger partial charge on any atom is -0.460 e. The van der Waals surface area contributed by atoms with E-state index < -0.39 is 23.6 Å². The van der Waals surface area contributed by atoms with E-state index in [0.717, 1.165) is 0 Å². The van der Waals surface area contributed by atoms with E-state index in [9.17, 15) is 13.6 Å². The van der Waals surface area contributed by atoms with Crippen molar-refractivity contribution in [3.63, 3.8) is 0 Å². The summed E-state index contributed by atoms with van der Waals surface area (Å²) in [6, 6.07) is -0.342. The van der Waals surface area contributed by atoms with E-state index in [1.165, 1.54) is 10.9 Å². The van der Waals surface area contributed by atoms with E-state index in [1.54, 1.807) is 20.8 Å². The largest absolute Gasteiger partial charge is 0.460 e. The number of piperidine rings is 1. The fourth-order valence-electron chi connectivity index (χ4n) is 2.54. The van der Waals surface area contributed by atoms with Gasteiger partial charge in [-0.25, -0.2) is 8.78 Å². The molecule has 0 spiro atoms. The first kappa shape index (κ1) is 16.7. The molecule has 22 heavy (non-hydrogen) atoms. The van der Waals surface area contributed by atoms with E-state index in [2.05, 4.69) is 10.4 Å². The summed E-state index contributed by atoms with van der Waals surface area (Å²) >= 11 is 0. The van der Waals surface area contributed by atoms with Crippen LogP contribution in [0.25, 0.3) is 0 Å². The van der Waals surface area contributed by atoms with Gasteiger partial charge in [-0.1, -0.05) is 0 Å². The van der Waals surface area contributed by atoms with Gasteiger partial charge in [0, 0.05) is 12.7 Å². The summed E-state index contributed by atoms with van der Waals surface area (Å²) in [7, 11) is 0. The first-order valence-corrected chi connectivity index (χ1v) is 7.25. The normalized spacial score (nSPS) is 22.8. The summed E-state index contributed by atoms with van der Waals surface area (Å²) in [5.74, 6) is -0.852. The number of rotatable bonds is 3. The summed E-state index contributed by atoms with van der Waals surface area (Å²) in [5.41, 5.74) is 4.47. The molecule has 124 valence electrons. The molecule has 1 aliphatic heterocycles. The Morgan fingerprint density at radius 2 is 2.23 bits per heavy atom. The Hall–Kier alpha value is -1.70. The predicted molar refractivity (Wildman–Crippen MR) is 77.5 cm³/mol. The molecule has 1 aromatic heterocycles. The topological polar surface area (TPSA) is 82.2 Å². The van der Waals surface area contributed by atoms with Gasteiger partial charge in [0.2, 0.25) is 0 Å². The number of carbonyl (C=O) groups excluding carboxylic acids is 1. The van der Waals surface area contributed by atoms with Gasteiger partial charge in [0.05, 0.1) is 17.6 Å². The van der Waals surface area contributed by atoms with Crippen molar-refractivity contribution in [3.8, 4) is 0 Å². The van der Waals surface area contributed by atoms with Crippen molar-refractivity contribution in [1.82, 2.24) is 15.1 Å². The lowest BCUT2D eigenvalue weighted by atomic mass is 9.93. The van der Waals surface area contributed by atoms with Crippen molar-refractivity contribution >= 4 is 11.7 Å². The average molecular weight is 316 g/mol. The van der Waals surface area contributed by atoms with Crippen molar-refractivity contribution in [2.45, 2.75) is 45.3 Å². The third kappa shape index (κ3) is 3.73. The third-order valence-electron chi connectivity index (χ3n) is 3.49. The molecule has 0 aliphatic carbocycles. The van der Waals surface area contributed by atoms with Crippen LogP contribution in [-0.2, 0) is 9.53 Å². The highest BCUT2D eigenvalue weighted by Gasteiger charge is 2.36. The Balaban J connectivity index is 2.23. The molecule has 2 unspecified atom stereocenters. The summed E-state index contributed by atoms with van der Waals surface area (Å²) < 4.78 is 32.4. The van der Waals surface area contributed by atoms with Crippen LogP contribution in [0.1, 0.15) is 45.4 Å². The highest BCUT2D eigenvalue weighted by Crippen LogP contribution is 2.30. The Morgan fingerprint density at radius 1 is 1.55 bits per heavy atom. The molecule has 0 amide bonds. The molecule has 3 N–H and O–H groups in total.